The summed E-state index contributed by atoms with van der Waals surface area (Å²) in [6.45, 7) is 6.45. The van der Waals surface area contributed by atoms with E-state index < -0.39 is 0 Å². The van der Waals surface area contributed by atoms with Crippen LogP contribution in [-0.4, -0.2) is 47.8 Å². The predicted molar refractivity (Wildman–Crippen MR) is 99.0 cm³/mol. The molecule has 0 unspecified atom stereocenters. The van der Waals surface area contributed by atoms with Gasteiger partial charge in [-0.05, 0) is 49.9 Å². The molecule has 134 valence electrons. The van der Waals surface area contributed by atoms with Gasteiger partial charge in [0, 0.05) is 41.6 Å². The lowest BCUT2D eigenvalue weighted by Gasteiger charge is -2.47. The van der Waals surface area contributed by atoms with Gasteiger partial charge in [-0.1, -0.05) is 19.1 Å². The number of fused-ring (bicyclic) bond motifs is 2. The van der Waals surface area contributed by atoms with Gasteiger partial charge in [-0.3, -0.25) is 4.90 Å². The van der Waals surface area contributed by atoms with Crippen molar-refractivity contribution in [3.63, 3.8) is 0 Å². The maximum Gasteiger partial charge on any atom is 0.407 e. The molecule has 1 aliphatic heterocycles. The van der Waals surface area contributed by atoms with Gasteiger partial charge in [-0.25, -0.2) is 4.79 Å². The number of carbonyl (C=O) groups excluding carboxylic acids is 1. The molecule has 5 heteroatoms. The number of benzene rings is 1. The van der Waals surface area contributed by atoms with Crippen molar-refractivity contribution in [1.82, 2.24) is 15.2 Å². The molecule has 25 heavy (non-hydrogen) atoms. The van der Waals surface area contributed by atoms with Gasteiger partial charge in [-0.2, -0.15) is 0 Å². The Hall–Kier alpha value is -2.01. The number of nitrogens with zero attached hydrogens (tertiary/aromatic N) is 1. The van der Waals surface area contributed by atoms with Gasteiger partial charge in [-0.15, -0.1) is 0 Å². The molecule has 4 rings (SSSR count). The van der Waals surface area contributed by atoms with Crippen molar-refractivity contribution in [1.29, 1.82) is 0 Å². The van der Waals surface area contributed by atoms with E-state index in [2.05, 4.69) is 46.5 Å². The van der Waals surface area contributed by atoms with Gasteiger partial charge in [0.25, 0.3) is 0 Å². The van der Waals surface area contributed by atoms with Crippen LogP contribution in [0.2, 0.25) is 0 Å². The quantitative estimate of drug-likeness (QED) is 0.896. The SMILES string of the molecule is CCCN1C[C@@H](NC(=O)OCC)C[C@@H]2c3cccc4[nH]cc(c34)C[C@H]21. The van der Waals surface area contributed by atoms with Crippen LogP contribution in [0.5, 0.6) is 0 Å². The van der Waals surface area contributed by atoms with Gasteiger partial charge in [0.05, 0.1) is 6.61 Å². The van der Waals surface area contributed by atoms with Crippen LogP contribution in [0.25, 0.3) is 10.9 Å². The smallest absolute Gasteiger partial charge is 0.407 e. The summed E-state index contributed by atoms with van der Waals surface area (Å²) in [5, 5.41) is 4.48. The van der Waals surface area contributed by atoms with Crippen LogP contribution in [0, 0.1) is 0 Å². The number of amides is 1. The number of alkyl carbamates (subject to hydrolysis) is 1. The number of rotatable bonds is 4. The third-order valence-corrected chi connectivity index (χ3v) is 5.68. The Balaban J connectivity index is 1.66. The Morgan fingerprint density at radius 2 is 2.28 bits per heavy atom. The summed E-state index contributed by atoms with van der Waals surface area (Å²) in [5.41, 5.74) is 4.10. The van der Waals surface area contributed by atoms with Gasteiger partial charge in [0.1, 0.15) is 0 Å². The number of carbonyl (C=O) groups is 1. The second-order valence-corrected chi connectivity index (χ2v) is 7.25. The van der Waals surface area contributed by atoms with Crippen molar-refractivity contribution in [3.8, 4) is 0 Å². The average molecular weight is 341 g/mol. The first-order valence-electron chi connectivity index (χ1n) is 9.47. The van der Waals surface area contributed by atoms with Crippen LogP contribution in [-0.2, 0) is 11.2 Å². The summed E-state index contributed by atoms with van der Waals surface area (Å²) in [6.07, 6.45) is 5.08. The summed E-state index contributed by atoms with van der Waals surface area (Å²) in [5.74, 6) is 0.458. The number of piperidine rings is 1. The average Bonchev–Trinajstić information content (AvgIpc) is 3.01. The number of ether oxygens (including phenoxy) is 1. The number of nitrogens with one attached hydrogen (secondary N) is 2. The molecule has 1 amide bonds. The van der Waals surface area contributed by atoms with E-state index in [1.807, 2.05) is 6.92 Å². The molecule has 1 aliphatic carbocycles. The van der Waals surface area contributed by atoms with Gasteiger partial charge in [0.2, 0.25) is 0 Å². The molecule has 0 spiro atoms. The third kappa shape index (κ3) is 2.91. The Labute approximate surface area is 148 Å². The normalized spacial score (nSPS) is 25.6. The minimum Gasteiger partial charge on any atom is -0.450 e. The second-order valence-electron chi connectivity index (χ2n) is 7.25. The van der Waals surface area contributed by atoms with Crippen molar-refractivity contribution in [2.45, 2.75) is 51.1 Å². The largest absolute Gasteiger partial charge is 0.450 e. The Kier molecular flexibility index (Phi) is 4.42. The molecule has 0 bridgehead atoms. The first kappa shape index (κ1) is 16.5. The highest BCUT2D eigenvalue weighted by Crippen LogP contribution is 2.43. The summed E-state index contributed by atoms with van der Waals surface area (Å²) < 4.78 is 5.10. The molecule has 1 aromatic heterocycles. The molecule has 2 aliphatic rings. The highest BCUT2D eigenvalue weighted by Gasteiger charge is 2.40. The van der Waals surface area contributed by atoms with Crippen molar-refractivity contribution in [2.75, 3.05) is 19.7 Å². The molecule has 0 radical (unpaired) electrons. The molecule has 2 N–H and O–H groups in total. The van der Waals surface area contributed by atoms with Crippen LogP contribution >= 0.6 is 0 Å². The molecule has 2 aromatic rings. The molecule has 0 saturated carbocycles. The van der Waals surface area contributed by atoms with Crippen molar-refractivity contribution in [3.05, 3.63) is 35.5 Å². The minimum absolute atomic E-state index is 0.141. The first-order chi connectivity index (χ1) is 12.2. The second kappa shape index (κ2) is 6.71. The molecule has 1 saturated heterocycles. The predicted octanol–water partition coefficient (Wildman–Crippen LogP) is 3.41. The maximum atomic E-state index is 11.9. The first-order valence-corrected chi connectivity index (χ1v) is 9.47. The summed E-state index contributed by atoms with van der Waals surface area (Å²) >= 11 is 0. The zero-order chi connectivity index (χ0) is 17.4. The van der Waals surface area contributed by atoms with Gasteiger partial charge >= 0.3 is 6.09 Å². The van der Waals surface area contributed by atoms with Gasteiger partial charge < -0.3 is 15.0 Å². The maximum absolute atomic E-state index is 11.9. The molecule has 5 nitrogen and oxygen atoms in total. The van der Waals surface area contributed by atoms with E-state index in [9.17, 15) is 4.79 Å². The Bertz CT molecular complexity index is 769. The lowest BCUT2D eigenvalue weighted by Crippen LogP contribution is -2.56. The zero-order valence-corrected chi connectivity index (χ0v) is 15.0. The van der Waals surface area contributed by atoms with E-state index in [0.717, 1.165) is 32.4 Å². The van der Waals surface area contributed by atoms with E-state index >= 15 is 0 Å². The lowest BCUT2D eigenvalue weighted by atomic mass is 9.74. The summed E-state index contributed by atoms with van der Waals surface area (Å²) in [4.78, 5) is 17.9. The fraction of sp³-hybridized carbons (Fsp3) is 0.550. The number of likely N-dealkylation sites (tertiary alicyclic amines) is 1. The van der Waals surface area contributed by atoms with Crippen LogP contribution in [0.4, 0.5) is 4.79 Å². The van der Waals surface area contributed by atoms with E-state index in [4.69, 9.17) is 4.74 Å². The highest BCUT2D eigenvalue weighted by molar-refractivity contribution is 5.88. The number of hydrogen-bond acceptors (Lipinski definition) is 3. The van der Waals surface area contributed by atoms with Gasteiger partial charge in [0.15, 0.2) is 0 Å². The van der Waals surface area contributed by atoms with Crippen molar-refractivity contribution >= 4 is 17.0 Å². The number of aromatic nitrogens is 1. The summed E-state index contributed by atoms with van der Waals surface area (Å²) in [7, 11) is 0. The van der Waals surface area contributed by atoms with Crippen molar-refractivity contribution < 1.29 is 9.53 Å². The lowest BCUT2D eigenvalue weighted by molar-refractivity contribution is 0.0904. The zero-order valence-electron chi connectivity index (χ0n) is 15.0. The van der Waals surface area contributed by atoms with E-state index in [1.165, 1.54) is 22.0 Å². The van der Waals surface area contributed by atoms with E-state index in [0.29, 0.717) is 18.6 Å². The van der Waals surface area contributed by atoms with Crippen LogP contribution < -0.4 is 5.32 Å². The van der Waals surface area contributed by atoms with Crippen LogP contribution in [0.3, 0.4) is 0 Å². The Morgan fingerprint density at radius 3 is 3.08 bits per heavy atom. The monoisotopic (exact) mass is 341 g/mol. The fourth-order valence-electron chi connectivity index (χ4n) is 4.79. The van der Waals surface area contributed by atoms with E-state index in [-0.39, 0.29) is 12.1 Å². The molecule has 3 atom stereocenters. The number of aromatic amines is 1. The highest BCUT2D eigenvalue weighted by atomic mass is 16.5. The minimum atomic E-state index is -0.293. The van der Waals surface area contributed by atoms with Crippen LogP contribution in [0.15, 0.2) is 24.4 Å². The molecule has 1 aromatic carbocycles. The third-order valence-electron chi connectivity index (χ3n) is 5.68. The van der Waals surface area contributed by atoms with E-state index in [1.54, 1.807) is 0 Å². The molecule has 1 fully saturated rings. The number of H-pyrrole nitrogens is 1. The fourth-order valence-corrected chi connectivity index (χ4v) is 4.79. The molecular formula is C20H27N3O2. The standard InChI is InChI=1S/C20H27N3O2/c1-3-8-23-12-14(22-20(24)25-4-2)10-16-15-6-5-7-17-19(15)13(11-21-17)9-18(16)23/h5-7,11,14,16,18,21H,3-4,8-10,12H2,1-2H3,(H,22,24)/t14-,16+,18+/m0/s1. The Morgan fingerprint density at radius 1 is 1.40 bits per heavy atom. The molecule has 2 heterocycles. The number of hydrogen-bond donors (Lipinski definition) is 2. The van der Waals surface area contributed by atoms with Crippen molar-refractivity contribution in [2.24, 2.45) is 0 Å². The molecular weight excluding hydrogens is 314 g/mol. The summed E-state index contributed by atoms with van der Waals surface area (Å²) in [6, 6.07) is 7.24. The van der Waals surface area contributed by atoms with Crippen LogP contribution in [0.1, 0.15) is 43.7 Å². The topological polar surface area (TPSA) is 57.4 Å².